The van der Waals surface area contributed by atoms with Crippen molar-refractivity contribution in [2.75, 3.05) is 0 Å². The summed E-state index contributed by atoms with van der Waals surface area (Å²) in [5, 5.41) is 10.4. The molecule has 0 aromatic heterocycles. The molecule has 0 heterocycles. The number of hydrogen-bond donors (Lipinski definition) is 1. The molecule has 128 valence electrons. The van der Waals surface area contributed by atoms with E-state index < -0.39 is 11.6 Å². The largest absolute Gasteiger partial charge is 0.478 e. The van der Waals surface area contributed by atoms with E-state index in [0.717, 1.165) is 5.56 Å². The van der Waals surface area contributed by atoms with Gasteiger partial charge in [-0.3, -0.25) is 0 Å². The molecule has 4 heteroatoms. The van der Waals surface area contributed by atoms with E-state index in [2.05, 4.69) is 13.8 Å². The molecule has 0 saturated carbocycles. The molecule has 0 bridgehead atoms. The molecule has 0 aliphatic heterocycles. The van der Waals surface area contributed by atoms with Crippen LogP contribution in [-0.2, 0) is 11.2 Å². The average molecular weight is 347 g/mol. The van der Waals surface area contributed by atoms with Crippen LogP contribution in [0.15, 0.2) is 48.5 Å². The highest BCUT2D eigenvalue weighted by atomic mass is 35.5. The fourth-order valence-corrected chi connectivity index (χ4v) is 2.71. The molecular weight excluding hydrogens is 324 g/mol. The summed E-state index contributed by atoms with van der Waals surface area (Å²) in [4.78, 5) is 12.0. The molecule has 1 atom stereocenters. The van der Waals surface area contributed by atoms with Crippen molar-refractivity contribution in [1.82, 2.24) is 0 Å². The minimum absolute atomic E-state index is 0.280. The standard InChI is InChI=1S/C20H23ClO3/c1-4-20(19(22)23,13-15-5-9-17(21)10-6-15)24-18-11-7-16(8-12-18)14(2)3/h5-12,14H,4,13H2,1-3H3,(H,22,23)/t20-/m0/s1. The van der Waals surface area contributed by atoms with Gasteiger partial charge in [0.1, 0.15) is 5.75 Å². The van der Waals surface area contributed by atoms with Gasteiger partial charge in [-0.1, -0.05) is 56.6 Å². The van der Waals surface area contributed by atoms with Gasteiger partial charge in [-0.15, -0.1) is 0 Å². The van der Waals surface area contributed by atoms with E-state index in [4.69, 9.17) is 16.3 Å². The second kappa shape index (κ2) is 7.71. The maximum absolute atomic E-state index is 12.0. The number of carboxylic acids is 1. The van der Waals surface area contributed by atoms with Crippen LogP contribution in [0.3, 0.4) is 0 Å². The molecule has 0 unspecified atom stereocenters. The van der Waals surface area contributed by atoms with Crippen molar-refractivity contribution in [3.8, 4) is 5.75 Å². The molecule has 24 heavy (non-hydrogen) atoms. The van der Waals surface area contributed by atoms with E-state index in [1.54, 1.807) is 12.1 Å². The Hall–Kier alpha value is -2.00. The molecule has 2 aromatic carbocycles. The monoisotopic (exact) mass is 346 g/mol. The van der Waals surface area contributed by atoms with Crippen LogP contribution in [-0.4, -0.2) is 16.7 Å². The van der Waals surface area contributed by atoms with Crippen LogP contribution < -0.4 is 4.74 Å². The number of carbonyl (C=O) groups is 1. The number of rotatable bonds is 7. The lowest BCUT2D eigenvalue weighted by molar-refractivity contribution is -0.155. The number of hydrogen-bond acceptors (Lipinski definition) is 2. The molecule has 0 fully saturated rings. The molecule has 3 nitrogen and oxygen atoms in total. The SMILES string of the molecule is CC[C@@](Cc1ccc(Cl)cc1)(Oc1ccc(C(C)C)cc1)C(=O)O. The minimum Gasteiger partial charge on any atom is -0.478 e. The summed E-state index contributed by atoms with van der Waals surface area (Å²) in [5.74, 6) is 0.0222. The van der Waals surface area contributed by atoms with E-state index in [1.165, 1.54) is 5.56 Å². The van der Waals surface area contributed by atoms with E-state index in [9.17, 15) is 9.90 Å². The maximum Gasteiger partial charge on any atom is 0.348 e. The van der Waals surface area contributed by atoms with Gasteiger partial charge in [0, 0.05) is 11.4 Å². The minimum atomic E-state index is -1.30. The summed E-state index contributed by atoms with van der Waals surface area (Å²) in [7, 11) is 0. The Morgan fingerprint density at radius 2 is 1.71 bits per heavy atom. The Morgan fingerprint density at radius 1 is 1.12 bits per heavy atom. The third kappa shape index (κ3) is 4.30. The first-order valence-electron chi connectivity index (χ1n) is 8.13. The van der Waals surface area contributed by atoms with Gasteiger partial charge in [-0.25, -0.2) is 4.79 Å². The molecule has 0 aliphatic rings. The zero-order valence-corrected chi connectivity index (χ0v) is 15.0. The van der Waals surface area contributed by atoms with Crippen LogP contribution in [0.5, 0.6) is 5.75 Å². The summed E-state index contributed by atoms with van der Waals surface area (Å²) in [6.45, 7) is 6.06. The first-order valence-corrected chi connectivity index (χ1v) is 8.51. The summed E-state index contributed by atoms with van der Waals surface area (Å²) < 4.78 is 5.95. The summed E-state index contributed by atoms with van der Waals surface area (Å²) in [5.41, 5.74) is 0.771. The Balaban J connectivity index is 2.26. The number of benzene rings is 2. The molecule has 0 radical (unpaired) electrons. The van der Waals surface area contributed by atoms with E-state index >= 15 is 0 Å². The lowest BCUT2D eigenvalue weighted by Gasteiger charge is -2.29. The van der Waals surface area contributed by atoms with Crippen LogP contribution in [0.2, 0.25) is 5.02 Å². The van der Waals surface area contributed by atoms with E-state index in [1.807, 2.05) is 43.3 Å². The summed E-state index contributed by atoms with van der Waals surface area (Å²) in [6, 6.07) is 14.8. The molecule has 0 spiro atoms. The van der Waals surface area contributed by atoms with Crippen molar-refractivity contribution in [2.45, 2.75) is 45.1 Å². The molecular formula is C20H23ClO3. The quantitative estimate of drug-likeness (QED) is 0.738. The zero-order chi connectivity index (χ0) is 17.7. The molecule has 0 amide bonds. The topological polar surface area (TPSA) is 46.5 Å². The maximum atomic E-state index is 12.0. The Kier molecular flexibility index (Phi) is 5.89. The Morgan fingerprint density at radius 3 is 2.17 bits per heavy atom. The number of halogens is 1. The summed E-state index contributed by atoms with van der Waals surface area (Å²) >= 11 is 5.90. The van der Waals surface area contributed by atoms with Gasteiger partial charge < -0.3 is 9.84 Å². The van der Waals surface area contributed by atoms with Crippen molar-refractivity contribution in [2.24, 2.45) is 0 Å². The average Bonchev–Trinajstić information content (AvgIpc) is 2.56. The van der Waals surface area contributed by atoms with Gasteiger partial charge in [-0.2, -0.15) is 0 Å². The lowest BCUT2D eigenvalue weighted by atomic mass is 9.91. The van der Waals surface area contributed by atoms with Gasteiger partial charge in [0.15, 0.2) is 0 Å². The van der Waals surface area contributed by atoms with Gasteiger partial charge in [0.05, 0.1) is 0 Å². The highest BCUT2D eigenvalue weighted by Gasteiger charge is 2.39. The second-order valence-electron chi connectivity index (χ2n) is 6.28. The van der Waals surface area contributed by atoms with Crippen LogP contribution in [0.4, 0.5) is 0 Å². The molecule has 2 aromatic rings. The number of aliphatic carboxylic acids is 1. The van der Waals surface area contributed by atoms with E-state index in [-0.39, 0.29) is 6.42 Å². The van der Waals surface area contributed by atoms with Gasteiger partial charge in [0.2, 0.25) is 5.60 Å². The van der Waals surface area contributed by atoms with Crippen LogP contribution >= 0.6 is 11.6 Å². The molecule has 2 rings (SSSR count). The van der Waals surface area contributed by atoms with Crippen molar-refractivity contribution < 1.29 is 14.6 Å². The Bertz CT molecular complexity index is 677. The predicted molar refractivity (Wildman–Crippen MR) is 97.0 cm³/mol. The molecule has 0 saturated heterocycles. The van der Waals surface area contributed by atoms with E-state index in [0.29, 0.717) is 23.1 Å². The molecule has 0 aliphatic carbocycles. The third-order valence-electron chi connectivity index (χ3n) is 4.22. The van der Waals surface area contributed by atoms with Gasteiger partial charge in [0.25, 0.3) is 0 Å². The lowest BCUT2D eigenvalue weighted by Crippen LogP contribution is -2.46. The van der Waals surface area contributed by atoms with Crippen molar-refractivity contribution in [1.29, 1.82) is 0 Å². The summed E-state index contributed by atoms with van der Waals surface area (Å²) in [6.07, 6.45) is 0.638. The fourth-order valence-electron chi connectivity index (χ4n) is 2.58. The first-order chi connectivity index (χ1) is 11.4. The van der Waals surface area contributed by atoms with Crippen molar-refractivity contribution >= 4 is 17.6 Å². The smallest absolute Gasteiger partial charge is 0.348 e. The normalized spacial score (nSPS) is 13.5. The highest BCUT2D eigenvalue weighted by Crippen LogP contribution is 2.28. The molecule has 1 N–H and O–H groups in total. The first kappa shape index (κ1) is 18.3. The Labute approximate surface area is 148 Å². The fraction of sp³-hybridized carbons (Fsp3) is 0.350. The predicted octanol–water partition coefficient (Wildman–Crippen LogP) is 5.32. The van der Waals surface area contributed by atoms with Crippen LogP contribution in [0.25, 0.3) is 0 Å². The van der Waals surface area contributed by atoms with Gasteiger partial charge in [-0.05, 0) is 47.7 Å². The van der Waals surface area contributed by atoms with Crippen LogP contribution in [0.1, 0.15) is 44.2 Å². The van der Waals surface area contributed by atoms with Crippen LogP contribution in [0, 0.1) is 0 Å². The highest BCUT2D eigenvalue weighted by molar-refractivity contribution is 6.30. The van der Waals surface area contributed by atoms with Gasteiger partial charge >= 0.3 is 5.97 Å². The van der Waals surface area contributed by atoms with Crippen molar-refractivity contribution in [3.63, 3.8) is 0 Å². The number of carboxylic acid groups (broad SMARTS) is 1. The van der Waals surface area contributed by atoms with Crippen molar-refractivity contribution in [3.05, 3.63) is 64.7 Å². The number of ether oxygens (including phenoxy) is 1. The zero-order valence-electron chi connectivity index (χ0n) is 14.3. The second-order valence-corrected chi connectivity index (χ2v) is 6.72. The third-order valence-corrected chi connectivity index (χ3v) is 4.48.